The summed E-state index contributed by atoms with van der Waals surface area (Å²) in [5.74, 6) is 0.0697. The number of carbonyl (C=O) groups excluding carboxylic acids is 2. The SMILES string of the molecule is CCC(C)c1ccc(-n2c(C)cc(/C=C3\C(=N)N4N=C(CC(=O)N5CCCCC5)SC4=NC3=O)c2C)cc1. The number of piperidine rings is 1. The second-order valence-electron chi connectivity index (χ2n) is 10.2. The molecule has 3 aliphatic heterocycles. The minimum Gasteiger partial charge on any atom is -0.342 e. The third-order valence-electron chi connectivity index (χ3n) is 7.61. The van der Waals surface area contributed by atoms with Crippen molar-refractivity contribution < 1.29 is 9.59 Å². The Bertz CT molecular complexity index is 1380. The molecule has 1 aromatic carbocycles. The molecule has 4 heterocycles. The zero-order valence-electron chi connectivity index (χ0n) is 22.5. The number of carbonyl (C=O) groups is 2. The summed E-state index contributed by atoms with van der Waals surface area (Å²) in [6, 6.07) is 10.6. The van der Waals surface area contributed by atoms with Crippen LogP contribution < -0.4 is 0 Å². The molecule has 9 heteroatoms. The standard InChI is InChI=1S/C29H34N6O2S/c1-5-18(2)21-9-11-23(12-10-21)34-19(3)15-22(20(34)4)16-24-27(30)35-29(31-28(24)37)38-25(32-35)17-26(36)33-13-7-6-8-14-33/h9-12,15-16,18,30H,5-8,13-14,17H2,1-4H3/b24-16+,30-27?. The van der Waals surface area contributed by atoms with Gasteiger partial charge in [0.05, 0.1) is 12.0 Å². The number of aliphatic imine (C=N–C) groups is 1. The Labute approximate surface area is 228 Å². The van der Waals surface area contributed by atoms with Gasteiger partial charge in [-0.3, -0.25) is 15.0 Å². The van der Waals surface area contributed by atoms with Crippen LogP contribution in [-0.2, 0) is 9.59 Å². The lowest BCUT2D eigenvalue weighted by Crippen LogP contribution is -2.36. The summed E-state index contributed by atoms with van der Waals surface area (Å²) in [5.41, 5.74) is 5.44. The molecular formula is C29H34N6O2S. The molecule has 38 heavy (non-hydrogen) atoms. The van der Waals surface area contributed by atoms with E-state index in [1.165, 1.54) is 22.3 Å². The van der Waals surface area contributed by atoms with Gasteiger partial charge in [0.25, 0.3) is 5.91 Å². The smallest absolute Gasteiger partial charge is 0.283 e. The molecule has 1 saturated heterocycles. The van der Waals surface area contributed by atoms with Gasteiger partial charge in [-0.1, -0.05) is 26.0 Å². The number of likely N-dealkylation sites (tertiary alicyclic amines) is 1. The van der Waals surface area contributed by atoms with E-state index in [9.17, 15) is 9.59 Å². The van der Waals surface area contributed by atoms with E-state index < -0.39 is 5.91 Å². The first kappa shape index (κ1) is 26.2. The summed E-state index contributed by atoms with van der Waals surface area (Å²) >= 11 is 1.20. The molecule has 8 nitrogen and oxygen atoms in total. The van der Waals surface area contributed by atoms with Crippen LogP contribution in [0.1, 0.15) is 74.4 Å². The van der Waals surface area contributed by atoms with Gasteiger partial charge in [-0.05, 0) is 92.6 Å². The maximum atomic E-state index is 13.0. The van der Waals surface area contributed by atoms with Crippen molar-refractivity contribution in [3.8, 4) is 5.69 Å². The van der Waals surface area contributed by atoms with Crippen LogP contribution in [0.2, 0.25) is 0 Å². The summed E-state index contributed by atoms with van der Waals surface area (Å²) < 4.78 is 2.16. The van der Waals surface area contributed by atoms with Gasteiger partial charge in [0, 0.05) is 30.2 Å². The number of amidine groups is 2. The molecule has 1 unspecified atom stereocenters. The molecule has 0 spiro atoms. The molecule has 0 radical (unpaired) electrons. The van der Waals surface area contributed by atoms with Crippen LogP contribution in [0.5, 0.6) is 0 Å². The highest BCUT2D eigenvalue weighted by molar-refractivity contribution is 8.27. The van der Waals surface area contributed by atoms with Gasteiger partial charge < -0.3 is 9.47 Å². The van der Waals surface area contributed by atoms with E-state index in [1.807, 2.05) is 24.8 Å². The number of hydrogen-bond acceptors (Lipinski definition) is 5. The highest BCUT2D eigenvalue weighted by Gasteiger charge is 2.36. The first-order valence-corrected chi connectivity index (χ1v) is 14.1. The normalized spacial score (nSPS) is 19.5. The fraction of sp³-hybridized carbons (Fsp3) is 0.414. The first-order chi connectivity index (χ1) is 18.3. The minimum atomic E-state index is -0.463. The Balaban J connectivity index is 1.37. The second-order valence-corrected chi connectivity index (χ2v) is 11.2. The third-order valence-corrected chi connectivity index (χ3v) is 8.52. The minimum absolute atomic E-state index is 0.0179. The Kier molecular flexibility index (Phi) is 7.38. The average molecular weight is 531 g/mol. The van der Waals surface area contributed by atoms with E-state index in [-0.39, 0.29) is 23.7 Å². The van der Waals surface area contributed by atoms with Gasteiger partial charge in [0.1, 0.15) is 5.04 Å². The number of amides is 2. The molecule has 3 aliphatic rings. The number of benzene rings is 1. The Morgan fingerprint density at radius 2 is 1.87 bits per heavy atom. The summed E-state index contributed by atoms with van der Waals surface area (Å²) in [6.45, 7) is 10.0. The first-order valence-electron chi connectivity index (χ1n) is 13.3. The predicted molar refractivity (Wildman–Crippen MR) is 154 cm³/mol. The second kappa shape index (κ2) is 10.7. The van der Waals surface area contributed by atoms with E-state index >= 15 is 0 Å². The molecule has 2 amide bonds. The topological polar surface area (TPSA) is 94.1 Å². The Morgan fingerprint density at radius 3 is 2.55 bits per heavy atom. The molecule has 198 valence electrons. The zero-order chi connectivity index (χ0) is 27.0. The van der Waals surface area contributed by atoms with Crippen molar-refractivity contribution >= 4 is 45.7 Å². The molecule has 0 saturated carbocycles. The van der Waals surface area contributed by atoms with Crippen molar-refractivity contribution in [3.63, 3.8) is 0 Å². The lowest BCUT2D eigenvalue weighted by molar-refractivity contribution is -0.130. The average Bonchev–Trinajstić information content (AvgIpc) is 3.45. The van der Waals surface area contributed by atoms with E-state index in [4.69, 9.17) is 5.41 Å². The number of thioether (sulfide) groups is 1. The summed E-state index contributed by atoms with van der Waals surface area (Å²) in [5, 5.41) is 15.5. The molecule has 1 atom stereocenters. The van der Waals surface area contributed by atoms with E-state index in [0.717, 1.165) is 61.4 Å². The van der Waals surface area contributed by atoms with Crippen molar-refractivity contribution in [1.29, 1.82) is 5.41 Å². The number of hydrogen-bond donors (Lipinski definition) is 1. The van der Waals surface area contributed by atoms with Crippen molar-refractivity contribution in [2.45, 2.75) is 65.7 Å². The zero-order valence-corrected chi connectivity index (χ0v) is 23.3. The number of hydrazone groups is 1. The fourth-order valence-electron chi connectivity index (χ4n) is 5.16. The molecule has 1 fully saturated rings. The lowest BCUT2D eigenvalue weighted by Gasteiger charge is -2.26. The van der Waals surface area contributed by atoms with Gasteiger partial charge in [-0.15, -0.1) is 0 Å². The predicted octanol–water partition coefficient (Wildman–Crippen LogP) is 5.63. The number of nitrogens with zero attached hydrogens (tertiary/aromatic N) is 5. The summed E-state index contributed by atoms with van der Waals surface area (Å²) in [6.07, 6.45) is 6.21. The molecule has 0 bridgehead atoms. The van der Waals surface area contributed by atoms with Gasteiger partial charge in [0.2, 0.25) is 11.1 Å². The maximum Gasteiger partial charge on any atom is 0.283 e. The van der Waals surface area contributed by atoms with Crippen LogP contribution in [0.25, 0.3) is 11.8 Å². The largest absolute Gasteiger partial charge is 0.342 e. The molecule has 1 aromatic heterocycles. The monoisotopic (exact) mass is 530 g/mol. The number of nitrogens with one attached hydrogen (secondary N) is 1. The van der Waals surface area contributed by atoms with E-state index in [2.05, 4.69) is 52.8 Å². The van der Waals surface area contributed by atoms with E-state index in [0.29, 0.717) is 16.1 Å². The van der Waals surface area contributed by atoms with Crippen LogP contribution in [0.15, 0.2) is 46.0 Å². The fourth-order valence-corrected chi connectivity index (χ4v) is 6.04. The van der Waals surface area contributed by atoms with Gasteiger partial charge >= 0.3 is 0 Å². The molecule has 5 rings (SSSR count). The number of aryl methyl sites for hydroxylation is 1. The van der Waals surface area contributed by atoms with Gasteiger partial charge in [-0.2, -0.15) is 15.1 Å². The van der Waals surface area contributed by atoms with Crippen LogP contribution in [0.3, 0.4) is 0 Å². The molecule has 0 aliphatic carbocycles. The Morgan fingerprint density at radius 1 is 1.16 bits per heavy atom. The quantitative estimate of drug-likeness (QED) is 0.490. The van der Waals surface area contributed by atoms with E-state index in [1.54, 1.807) is 6.08 Å². The van der Waals surface area contributed by atoms with Gasteiger partial charge in [0.15, 0.2) is 5.84 Å². The van der Waals surface area contributed by atoms with Crippen LogP contribution in [0, 0.1) is 19.3 Å². The molecule has 2 aromatic rings. The van der Waals surface area contributed by atoms with Crippen molar-refractivity contribution in [1.82, 2.24) is 14.5 Å². The van der Waals surface area contributed by atoms with Gasteiger partial charge in [-0.25, -0.2) is 0 Å². The Hall–Kier alpha value is -3.46. The number of fused-ring (bicyclic) bond motifs is 1. The maximum absolute atomic E-state index is 13.0. The molecular weight excluding hydrogens is 496 g/mol. The van der Waals surface area contributed by atoms with Crippen LogP contribution >= 0.6 is 11.8 Å². The van der Waals surface area contributed by atoms with Crippen molar-refractivity contribution in [2.75, 3.05) is 13.1 Å². The van der Waals surface area contributed by atoms with Crippen molar-refractivity contribution in [2.24, 2.45) is 10.1 Å². The molecule has 1 N–H and O–H groups in total. The summed E-state index contributed by atoms with van der Waals surface area (Å²) in [4.78, 5) is 31.7. The third kappa shape index (κ3) is 4.99. The summed E-state index contributed by atoms with van der Waals surface area (Å²) in [7, 11) is 0. The lowest BCUT2D eigenvalue weighted by atomic mass is 9.98. The highest BCUT2D eigenvalue weighted by Crippen LogP contribution is 2.31. The number of rotatable bonds is 6. The highest BCUT2D eigenvalue weighted by atomic mass is 32.2. The van der Waals surface area contributed by atoms with Crippen molar-refractivity contribution in [3.05, 3.63) is 58.4 Å². The van der Waals surface area contributed by atoms with Crippen LogP contribution in [0.4, 0.5) is 0 Å². The number of aromatic nitrogens is 1. The van der Waals surface area contributed by atoms with Crippen LogP contribution in [-0.4, -0.2) is 55.4 Å².